The molecule has 0 unspecified atom stereocenters. The van der Waals surface area contributed by atoms with Crippen LogP contribution in [0.2, 0.25) is 13.1 Å². The Balaban J connectivity index is 0.908. The molecule has 4 fully saturated rings. The summed E-state index contributed by atoms with van der Waals surface area (Å²) in [7, 11) is -2.17. The van der Waals surface area contributed by atoms with Gasteiger partial charge in [-0.25, -0.2) is 4.98 Å². The van der Waals surface area contributed by atoms with Gasteiger partial charge in [-0.1, -0.05) is 153 Å². The molecule has 0 atom stereocenters. The number of hydrogen-bond acceptors (Lipinski definition) is 3. The third kappa shape index (κ3) is 4.66. The van der Waals surface area contributed by atoms with Crippen LogP contribution >= 0.6 is 0 Å². The van der Waals surface area contributed by atoms with Crippen LogP contribution in [0.15, 0.2) is 162 Å². The van der Waals surface area contributed by atoms with Gasteiger partial charge in [-0.3, -0.25) is 0 Å². The fraction of sp³-hybridized carbons (Fsp3) is 0.207. The highest BCUT2D eigenvalue weighted by molar-refractivity contribution is 7.04. The van der Waals surface area contributed by atoms with Crippen molar-refractivity contribution in [2.75, 3.05) is 0 Å². The lowest BCUT2D eigenvalue weighted by atomic mass is 9.43. The molecule has 0 amide bonds. The second-order valence-corrected chi connectivity index (χ2v) is 24.0. The fourth-order valence-corrected chi connectivity index (χ4v) is 17.5. The lowest BCUT2D eigenvalue weighted by molar-refractivity contribution is -0.0399. The van der Waals surface area contributed by atoms with Gasteiger partial charge in [-0.2, -0.15) is 4.98 Å². The first-order valence-electron chi connectivity index (χ1n) is 22.8. The Morgan fingerprint density at radius 2 is 1.13 bits per heavy atom. The number of para-hydroxylation sites is 1. The summed E-state index contributed by atoms with van der Waals surface area (Å²) in [4.78, 5) is 10.4. The van der Waals surface area contributed by atoms with E-state index in [4.69, 9.17) is 14.4 Å². The van der Waals surface area contributed by atoms with E-state index in [2.05, 4.69) is 153 Å². The zero-order chi connectivity index (χ0) is 40.9. The molecule has 62 heavy (non-hydrogen) atoms. The van der Waals surface area contributed by atoms with E-state index in [1.165, 1.54) is 71.0 Å². The number of fused-ring (bicyclic) bond motifs is 9. The number of aromatic nitrogens is 2. The first-order chi connectivity index (χ1) is 30.4. The maximum absolute atomic E-state index is 6.41. The average molecular weight is 815 g/mol. The van der Waals surface area contributed by atoms with Gasteiger partial charge < -0.3 is 4.42 Å². The van der Waals surface area contributed by atoms with Gasteiger partial charge in [0.25, 0.3) is 0 Å². The minimum absolute atomic E-state index is 0.175. The van der Waals surface area contributed by atoms with Crippen LogP contribution in [0, 0.1) is 23.7 Å². The Kier molecular flexibility index (Phi) is 7.17. The van der Waals surface area contributed by atoms with Crippen LogP contribution in [0.1, 0.15) is 43.2 Å². The summed E-state index contributed by atoms with van der Waals surface area (Å²) in [6.07, 6.45) is 7.13. The monoisotopic (exact) mass is 814 g/mol. The molecular weight excluding hydrogens is 769 g/mol. The van der Waals surface area contributed by atoms with Crippen molar-refractivity contribution < 1.29 is 4.42 Å². The fourth-order valence-electron chi connectivity index (χ4n) is 14.1. The van der Waals surface area contributed by atoms with Gasteiger partial charge in [-0.05, 0) is 140 Å². The van der Waals surface area contributed by atoms with Gasteiger partial charge in [0, 0.05) is 21.9 Å². The molecule has 3 nitrogen and oxygen atoms in total. The molecule has 9 aromatic rings. The SMILES string of the molecule is C[Si]1(C)c2cc3c(cc2-c2cccc(-c4ccccc4-c4cccc(-c5nc(-c6ccccc6)c6c(n5)oc5ccccc56)c4)c21)-c1ccccc1C31C2CC3CC(C2)CC1C3. The Hall–Kier alpha value is -6.36. The average Bonchev–Trinajstić information content (AvgIpc) is 3.91. The maximum Gasteiger partial charge on any atom is 0.231 e. The van der Waals surface area contributed by atoms with Gasteiger partial charge >= 0.3 is 0 Å². The normalized spacial score (nSPS) is 23.2. The summed E-state index contributed by atoms with van der Waals surface area (Å²) in [6, 6.07) is 58.6. The lowest BCUT2D eigenvalue weighted by Gasteiger charge is -2.61. The van der Waals surface area contributed by atoms with Gasteiger partial charge in [0.15, 0.2) is 5.82 Å². The Labute approximate surface area is 363 Å². The minimum atomic E-state index is -2.17. The van der Waals surface area contributed by atoms with E-state index in [0.717, 1.165) is 62.4 Å². The third-order valence-corrected chi connectivity index (χ3v) is 19.8. The Morgan fingerprint density at radius 1 is 0.500 bits per heavy atom. The second kappa shape index (κ2) is 12.6. The smallest absolute Gasteiger partial charge is 0.231 e. The Morgan fingerprint density at radius 3 is 1.94 bits per heavy atom. The third-order valence-electron chi connectivity index (χ3n) is 16.3. The van der Waals surface area contributed by atoms with Crippen LogP contribution in [-0.2, 0) is 5.41 Å². The topological polar surface area (TPSA) is 38.9 Å². The predicted octanol–water partition coefficient (Wildman–Crippen LogP) is 13.6. The molecule has 3 heterocycles. The molecule has 0 N–H and O–H groups in total. The molecule has 4 heteroatoms. The van der Waals surface area contributed by atoms with E-state index < -0.39 is 8.07 Å². The number of rotatable bonds is 4. The van der Waals surface area contributed by atoms with Gasteiger partial charge in [0.1, 0.15) is 13.7 Å². The molecule has 1 aliphatic heterocycles. The van der Waals surface area contributed by atoms with Gasteiger partial charge in [-0.15, -0.1) is 0 Å². The van der Waals surface area contributed by atoms with Crippen LogP contribution in [-0.4, -0.2) is 18.0 Å². The van der Waals surface area contributed by atoms with E-state index in [-0.39, 0.29) is 5.41 Å². The molecule has 6 aliphatic rings. The zero-order valence-electron chi connectivity index (χ0n) is 35.2. The van der Waals surface area contributed by atoms with Crippen LogP contribution in [0.5, 0.6) is 0 Å². The zero-order valence-corrected chi connectivity index (χ0v) is 36.2. The summed E-state index contributed by atoms with van der Waals surface area (Å²) in [6.45, 7) is 5.25. The van der Waals surface area contributed by atoms with Crippen molar-refractivity contribution in [3.8, 4) is 67.2 Å². The van der Waals surface area contributed by atoms with Gasteiger partial charge in [0.05, 0.1) is 11.1 Å². The summed E-state index contributed by atoms with van der Waals surface area (Å²) in [5.74, 6) is 4.06. The highest BCUT2D eigenvalue weighted by Crippen LogP contribution is 2.69. The van der Waals surface area contributed by atoms with Crippen molar-refractivity contribution in [1.82, 2.24) is 9.97 Å². The van der Waals surface area contributed by atoms with Crippen LogP contribution in [0.25, 0.3) is 89.2 Å². The maximum atomic E-state index is 6.41. The molecule has 1 spiro atoms. The van der Waals surface area contributed by atoms with Crippen molar-refractivity contribution in [3.05, 3.63) is 169 Å². The van der Waals surface area contributed by atoms with Crippen molar-refractivity contribution in [1.29, 1.82) is 0 Å². The number of benzene rings is 7. The first kappa shape index (κ1) is 35.3. The molecule has 4 bridgehead atoms. The molecule has 4 saturated carbocycles. The first-order valence-corrected chi connectivity index (χ1v) is 25.8. The highest BCUT2D eigenvalue weighted by atomic mass is 28.3. The van der Waals surface area contributed by atoms with Crippen LogP contribution < -0.4 is 10.4 Å². The molecule has 15 rings (SSSR count). The molecule has 2 aromatic heterocycles. The predicted molar refractivity (Wildman–Crippen MR) is 257 cm³/mol. The quantitative estimate of drug-likeness (QED) is 0.166. The van der Waals surface area contributed by atoms with Gasteiger partial charge in [0.2, 0.25) is 5.71 Å². The second-order valence-electron chi connectivity index (χ2n) is 19.7. The summed E-state index contributed by atoms with van der Waals surface area (Å²) < 4.78 is 6.41. The summed E-state index contributed by atoms with van der Waals surface area (Å²) >= 11 is 0. The van der Waals surface area contributed by atoms with E-state index in [0.29, 0.717) is 11.5 Å². The molecule has 298 valence electrons. The number of furan rings is 1. The van der Waals surface area contributed by atoms with E-state index in [1.807, 2.05) is 18.2 Å². The summed E-state index contributed by atoms with van der Waals surface area (Å²) in [5, 5.41) is 5.18. The molecule has 7 aromatic carbocycles. The standard InChI is InChI=1S/C58H46N2OSi/c1-62(2)52-33-50-47(43-20-8-10-24-49(43)58(50)39-27-34-26-35(29-39)30-40(58)28-34)32-48(52)45-23-13-22-44(55(45)62)42-19-7-6-18-41(42)37-16-12-17-38(31-37)56-59-54(36-14-4-3-5-15-36)53-46-21-9-11-25-51(46)61-57(53)60-56/h3-25,31-35,39-40H,26-30H2,1-2H3. The highest BCUT2D eigenvalue weighted by Gasteiger charge is 2.62. The van der Waals surface area contributed by atoms with E-state index >= 15 is 0 Å². The number of hydrogen-bond donors (Lipinski definition) is 0. The van der Waals surface area contributed by atoms with Crippen molar-refractivity contribution >= 4 is 40.5 Å². The van der Waals surface area contributed by atoms with Crippen LogP contribution in [0.4, 0.5) is 0 Å². The molecular formula is C58H46N2OSi. The molecule has 0 saturated heterocycles. The number of nitrogens with zero attached hydrogens (tertiary/aromatic N) is 2. The van der Waals surface area contributed by atoms with E-state index in [1.54, 1.807) is 21.5 Å². The van der Waals surface area contributed by atoms with Crippen molar-refractivity contribution in [3.63, 3.8) is 0 Å². The largest absolute Gasteiger partial charge is 0.438 e. The Bertz CT molecular complexity index is 3330. The van der Waals surface area contributed by atoms with E-state index in [9.17, 15) is 0 Å². The minimum Gasteiger partial charge on any atom is -0.438 e. The molecule has 0 radical (unpaired) electrons. The van der Waals surface area contributed by atoms with Crippen molar-refractivity contribution in [2.24, 2.45) is 23.7 Å². The molecule has 5 aliphatic carbocycles. The van der Waals surface area contributed by atoms with Crippen LogP contribution in [0.3, 0.4) is 0 Å². The lowest BCUT2D eigenvalue weighted by Crippen LogP contribution is -2.56. The van der Waals surface area contributed by atoms with Crippen molar-refractivity contribution in [2.45, 2.75) is 50.6 Å². The summed E-state index contributed by atoms with van der Waals surface area (Å²) in [5.41, 5.74) is 18.8.